The van der Waals surface area contributed by atoms with E-state index in [-0.39, 0.29) is 16.2 Å². The van der Waals surface area contributed by atoms with Gasteiger partial charge in [0.2, 0.25) is 10.0 Å². The van der Waals surface area contributed by atoms with E-state index in [0.717, 1.165) is 24.8 Å². The average molecular weight is 448 g/mol. The number of carbonyl (C=O) groups excluding carboxylic acids is 2. The first-order valence-corrected chi connectivity index (χ1v) is 11.4. The number of ether oxygens (including phenoxy) is 2. The fourth-order valence-corrected chi connectivity index (χ4v) is 3.88. The second-order valence-electron chi connectivity index (χ2n) is 7.13. The van der Waals surface area contributed by atoms with Crippen LogP contribution in [0.4, 0.5) is 11.4 Å². The Morgan fingerprint density at radius 3 is 2.35 bits per heavy atom. The lowest BCUT2D eigenvalue weighted by molar-refractivity contribution is -0.119. The maximum atomic E-state index is 12.4. The fraction of sp³-hybridized carbons (Fsp3) is 0.333. The predicted molar refractivity (Wildman–Crippen MR) is 116 cm³/mol. The number of benzene rings is 2. The Balaban J connectivity index is 1.58. The number of primary sulfonamides is 1. The summed E-state index contributed by atoms with van der Waals surface area (Å²) in [5.41, 5.74) is 1.54. The Hall–Kier alpha value is -3.11. The van der Waals surface area contributed by atoms with Crippen LogP contribution in [-0.4, -0.2) is 47.1 Å². The summed E-state index contributed by atoms with van der Waals surface area (Å²) in [7, 11) is -2.69. The van der Waals surface area contributed by atoms with Crippen molar-refractivity contribution in [3.05, 3.63) is 48.0 Å². The molecule has 0 saturated carbocycles. The molecule has 0 atom stereocenters. The van der Waals surface area contributed by atoms with Crippen LogP contribution in [0.3, 0.4) is 0 Å². The SMILES string of the molecule is COc1ccc(S(N)(=O)=O)cc1C(=O)OCC(=O)Nc1ccc(N2CCCCC2)cc1. The van der Waals surface area contributed by atoms with Crippen LogP contribution in [0.25, 0.3) is 0 Å². The zero-order valence-electron chi connectivity index (χ0n) is 17.2. The summed E-state index contributed by atoms with van der Waals surface area (Å²) in [5, 5.41) is 7.76. The minimum Gasteiger partial charge on any atom is -0.496 e. The van der Waals surface area contributed by atoms with Crippen molar-refractivity contribution in [2.45, 2.75) is 24.2 Å². The summed E-state index contributed by atoms with van der Waals surface area (Å²) >= 11 is 0. The van der Waals surface area contributed by atoms with Crippen molar-refractivity contribution in [1.29, 1.82) is 0 Å². The van der Waals surface area contributed by atoms with Gasteiger partial charge in [0.1, 0.15) is 11.3 Å². The molecule has 0 bridgehead atoms. The molecule has 0 aliphatic carbocycles. The summed E-state index contributed by atoms with van der Waals surface area (Å²) in [6.45, 7) is 1.50. The van der Waals surface area contributed by atoms with Crippen LogP contribution in [0.15, 0.2) is 47.4 Å². The molecule has 0 spiro atoms. The quantitative estimate of drug-likeness (QED) is 0.622. The first-order chi connectivity index (χ1) is 14.8. The number of methoxy groups -OCH3 is 1. The van der Waals surface area contributed by atoms with Crippen LogP contribution in [-0.2, 0) is 19.6 Å². The first-order valence-electron chi connectivity index (χ1n) is 9.81. The lowest BCUT2D eigenvalue weighted by Crippen LogP contribution is -2.29. The lowest BCUT2D eigenvalue weighted by atomic mass is 10.1. The number of sulfonamides is 1. The maximum Gasteiger partial charge on any atom is 0.342 e. The molecule has 1 aliphatic rings. The van der Waals surface area contributed by atoms with E-state index >= 15 is 0 Å². The fourth-order valence-electron chi connectivity index (χ4n) is 3.34. The zero-order valence-corrected chi connectivity index (χ0v) is 18.0. The summed E-state index contributed by atoms with van der Waals surface area (Å²) < 4.78 is 33.1. The highest BCUT2D eigenvalue weighted by Gasteiger charge is 2.19. The zero-order chi connectivity index (χ0) is 22.4. The van der Waals surface area contributed by atoms with Gasteiger partial charge in [-0.15, -0.1) is 0 Å². The molecule has 1 aliphatic heterocycles. The van der Waals surface area contributed by atoms with Crippen molar-refractivity contribution < 1.29 is 27.5 Å². The molecule has 166 valence electrons. The van der Waals surface area contributed by atoms with Crippen molar-refractivity contribution in [3.8, 4) is 5.75 Å². The molecule has 1 fully saturated rings. The highest BCUT2D eigenvalue weighted by Crippen LogP contribution is 2.23. The number of nitrogens with zero attached hydrogens (tertiary/aromatic N) is 1. The van der Waals surface area contributed by atoms with Gasteiger partial charge in [-0.2, -0.15) is 0 Å². The van der Waals surface area contributed by atoms with Crippen molar-refractivity contribution >= 4 is 33.3 Å². The van der Waals surface area contributed by atoms with E-state index in [1.165, 1.54) is 38.5 Å². The van der Waals surface area contributed by atoms with Gasteiger partial charge in [-0.25, -0.2) is 18.4 Å². The third-order valence-corrected chi connectivity index (χ3v) is 5.84. The number of esters is 1. The number of hydrogen-bond donors (Lipinski definition) is 2. The van der Waals surface area contributed by atoms with Crippen LogP contribution in [0.1, 0.15) is 29.6 Å². The van der Waals surface area contributed by atoms with Gasteiger partial charge in [-0.1, -0.05) is 0 Å². The highest BCUT2D eigenvalue weighted by atomic mass is 32.2. The smallest absolute Gasteiger partial charge is 0.342 e. The average Bonchev–Trinajstić information content (AvgIpc) is 2.77. The Labute approximate surface area is 181 Å². The molecule has 0 radical (unpaired) electrons. The van der Waals surface area contributed by atoms with E-state index in [9.17, 15) is 18.0 Å². The standard InChI is InChI=1S/C21H25N3O6S/c1-29-19-10-9-17(31(22,27)28)13-18(19)21(26)30-14-20(25)23-15-5-7-16(8-6-15)24-11-3-2-4-12-24/h5-10,13H,2-4,11-12,14H2,1H3,(H,23,25)(H2,22,27,28). The minimum atomic E-state index is -4.01. The molecule has 9 nitrogen and oxygen atoms in total. The predicted octanol–water partition coefficient (Wildman–Crippen LogP) is 2.13. The molecular weight excluding hydrogens is 422 g/mol. The second kappa shape index (κ2) is 9.80. The van der Waals surface area contributed by atoms with Crippen molar-refractivity contribution in [2.75, 3.05) is 37.0 Å². The van der Waals surface area contributed by atoms with Crippen LogP contribution in [0, 0.1) is 0 Å². The Morgan fingerprint density at radius 2 is 1.74 bits per heavy atom. The molecule has 31 heavy (non-hydrogen) atoms. The molecule has 0 aromatic heterocycles. The van der Waals surface area contributed by atoms with Gasteiger partial charge >= 0.3 is 5.97 Å². The van der Waals surface area contributed by atoms with E-state index in [2.05, 4.69) is 10.2 Å². The normalized spacial score (nSPS) is 14.1. The third kappa shape index (κ3) is 5.96. The maximum absolute atomic E-state index is 12.4. The largest absolute Gasteiger partial charge is 0.496 e. The third-order valence-electron chi connectivity index (χ3n) is 4.93. The summed E-state index contributed by atoms with van der Waals surface area (Å²) in [5.74, 6) is -1.33. The lowest BCUT2D eigenvalue weighted by Gasteiger charge is -2.28. The number of carbonyl (C=O) groups is 2. The van der Waals surface area contributed by atoms with Gasteiger partial charge in [0, 0.05) is 24.5 Å². The highest BCUT2D eigenvalue weighted by molar-refractivity contribution is 7.89. The van der Waals surface area contributed by atoms with Gasteiger partial charge in [0.15, 0.2) is 6.61 Å². The first kappa shape index (κ1) is 22.6. The monoisotopic (exact) mass is 447 g/mol. The van der Waals surface area contributed by atoms with Gasteiger partial charge in [-0.3, -0.25) is 4.79 Å². The number of amides is 1. The number of rotatable bonds is 7. The van der Waals surface area contributed by atoms with Crippen LogP contribution in [0.5, 0.6) is 5.75 Å². The molecule has 2 aromatic rings. The number of nitrogens with two attached hydrogens (primary N) is 1. The molecule has 3 rings (SSSR count). The molecule has 1 heterocycles. The number of anilines is 2. The van der Waals surface area contributed by atoms with Crippen LogP contribution < -0.4 is 20.1 Å². The molecule has 3 N–H and O–H groups in total. The number of piperidine rings is 1. The topological polar surface area (TPSA) is 128 Å². The van der Waals surface area contributed by atoms with Gasteiger partial charge in [-0.05, 0) is 61.7 Å². The minimum absolute atomic E-state index is 0.103. The number of hydrogen-bond acceptors (Lipinski definition) is 7. The van der Waals surface area contributed by atoms with Crippen molar-refractivity contribution in [1.82, 2.24) is 0 Å². The van der Waals surface area contributed by atoms with Crippen molar-refractivity contribution in [2.24, 2.45) is 5.14 Å². The molecular formula is C21H25N3O6S. The molecule has 10 heteroatoms. The molecule has 1 saturated heterocycles. The number of nitrogens with one attached hydrogen (secondary N) is 1. The van der Waals surface area contributed by atoms with Crippen LogP contribution >= 0.6 is 0 Å². The summed E-state index contributed by atoms with van der Waals surface area (Å²) in [4.78, 5) is 26.6. The van der Waals surface area contributed by atoms with Gasteiger partial charge in [0.25, 0.3) is 5.91 Å². The van der Waals surface area contributed by atoms with Crippen molar-refractivity contribution in [3.63, 3.8) is 0 Å². The summed E-state index contributed by atoms with van der Waals surface area (Å²) in [6, 6.07) is 11.0. The van der Waals surface area contributed by atoms with E-state index in [0.29, 0.717) is 5.69 Å². The summed E-state index contributed by atoms with van der Waals surface area (Å²) in [6.07, 6.45) is 3.60. The van der Waals surface area contributed by atoms with Gasteiger partial charge in [0.05, 0.1) is 12.0 Å². The van der Waals surface area contributed by atoms with Gasteiger partial charge < -0.3 is 19.7 Å². The Morgan fingerprint density at radius 1 is 1.06 bits per heavy atom. The van der Waals surface area contributed by atoms with E-state index in [1.807, 2.05) is 12.1 Å². The van der Waals surface area contributed by atoms with Crippen LogP contribution in [0.2, 0.25) is 0 Å². The molecule has 2 aromatic carbocycles. The molecule has 1 amide bonds. The second-order valence-corrected chi connectivity index (χ2v) is 8.69. The van der Waals surface area contributed by atoms with E-state index < -0.39 is 28.5 Å². The Bertz CT molecular complexity index is 1050. The molecule has 0 unspecified atom stereocenters. The van der Waals surface area contributed by atoms with E-state index in [4.69, 9.17) is 14.6 Å². The Kier molecular flexibility index (Phi) is 7.13. The van der Waals surface area contributed by atoms with E-state index in [1.54, 1.807) is 12.1 Å².